The molecule has 2 aromatic rings. The van der Waals surface area contributed by atoms with Crippen molar-refractivity contribution in [1.29, 1.82) is 0 Å². The van der Waals surface area contributed by atoms with Crippen LogP contribution in [0.15, 0.2) is 36.5 Å². The fraction of sp³-hybridized carbons (Fsp3) is 0.286. The number of rotatable bonds is 2. The van der Waals surface area contributed by atoms with Gasteiger partial charge in [0.25, 0.3) is 11.8 Å². The van der Waals surface area contributed by atoms with Crippen LogP contribution in [-0.4, -0.2) is 46.1 Å². The molecule has 3 heterocycles. The van der Waals surface area contributed by atoms with Crippen LogP contribution in [-0.2, 0) is 16.0 Å². The molecule has 0 bridgehead atoms. The minimum Gasteiger partial charge on any atom is -0.443 e. The van der Waals surface area contributed by atoms with E-state index in [1.807, 2.05) is 0 Å². The number of nitrogens with zero attached hydrogens (tertiary/aromatic N) is 3. The van der Waals surface area contributed by atoms with Crippen molar-refractivity contribution in [2.45, 2.75) is 32.8 Å². The first-order valence-electron chi connectivity index (χ1n) is 9.36. The second-order valence-electron chi connectivity index (χ2n) is 7.87. The number of hydrogen-bond acceptors (Lipinski definition) is 7. The van der Waals surface area contributed by atoms with Crippen molar-refractivity contribution >= 4 is 29.7 Å². The smallest absolute Gasteiger partial charge is 0.416 e. The molecule has 0 unspecified atom stereocenters. The number of pyridine rings is 1. The number of carbonyl (C=O) groups excluding carboxylic acids is 4. The maximum Gasteiger partial charge on any atom is 0.416 e. The normalized spacial score (nSPS) is 15.2. The van der Waals surface area contributed by atoms with Gasteiger partial charge in [-0.05, 0) is 45.4 Å². The Kier molecular flexibility index (Phi) is 4.53. The van der Waals surface area contributed by atoms with E-state index in [1.165, 1.54) is 29.3 Å². The van der Waals surface area contributed by atoms with Crippen LogP contribution in [0.25, 0.3) is 0 Å². The Balaban J connectivity index is 1.57. The van der Waals surface area contributed by atoms with Crippen molar-refractivity contribution in [2.24, 2.45) is 0 Å². The summed E-state index contributed by atoms with van der Waals surface area (Å²) in [7, 11) is 0. The Bertz CT molecular complexity index is 1050. The molecular formula is C21H19N3O6. The van der Waals surface area contributed by atoms with E-state index in [0.717, 1.165) is 0 Å². The topological polar surface area (TPSA) is 106 Å². The summed E-state index contributed by atoms with van der Waals surface area (Å²) in [6.07, 6.45) is 1.15. The maximum absolute atomic E-state index is 12.8. The van der Waals surface area contributed by atoms with Crippen molar-refractivity contribution in [2.75, 3.05) is 11.4 Å². The predicted octanol–water partition coefficient (Wildman–Crippen LogP) is 2.75. The quantitative estimate of drug-likeness (QED) is 0.702. The lowest BCUT2D eigenvalue weighted by Gasteiger charge is -2.24. The summed E-state index contributed by atoms with van der Waals surface area (Å²) >= 11 is 0. The first-order valence-corrected chi connectivity index (χ1v) is 9.36. The fourth-order valence-corrected chi connectivity index (χ4v) is 3.36. The number of anilines is 1. The molecule has 0 aliphatic carbocycles. The highest BCUT2D eigenvalue weighted by Gasteiger charge is 2.40. The maximum atomic E-state index is 12.8. The zero-order valence-corrected chi connectivity index (χ0v) is 16.7. The molecule has 1 aromatic carbocycles. The first-order chi connectivity index (χ1) is 14.2. The van der Waals surface area contributed by atoms with E-state index >= 15 is 0 Å². The molecule has 4 rings (SSSR count). The van der Waals surface area contributed by atoms with E-state index in [-0.39, 0.29) is 23.2 Å². The minimum absolute atomic E-state index is 0.127. The number of fused-ring (bicyclic) bond motifs is 2. The number of imide groups is 1. The molecule has 0 N–H and O–H groups in total. The fourth-order valence-electron chi connectivity index (χ4n) is 3.36. The monoisotopic (exact) mass is 409 g/mol. The average molecular weight is 409 g/mol. The van der Waals surface area contributed by atoms with Crippen LogP contribution in [0, 0.1) is 0 Å². The third-order valence-corrected chi connectivity index (χ3v) is 4.64. The Morgan fingerprint density at radius 1 is 1.03 bits per heavy atom. The van der Waals surface area contributed by atoms with Crippen molar-refractivity contribution in [3.05, 3.63) is 58.8 Å². The molecule has 1 aromatic heterocycles. The van der Waals surface area contributed by atoms with Gasteiger partial charge in [-0.3, -0.25) is 14.5 Å². The highest BCUT2D eigenvalue weighted by molar-refractivity contribution is 6.21. The first kappa shape index (κ1) is 19.6. The molecule has 154 valence electrons. The van der Waals surface area contributed by atoms with E-state index in [9.17, 15) is 19.2 Å². The van der Waals surface area contributed by atoms with Gasteiger partial charge >= 0.3 is 12.1 Å². The number of benzene rings is 1. The second-order valence-corrected chi connectivity index (χ2v) is 7.87. The van der Waals surface area contributed by atoms with E-state index in [1.54, 1.807) is 32.9 Å². The van der Waals surface area contributed by atoms with Crippen molar-refractivity contribution in [1.82, 2.24) is 10.0 Å². The summed E-state index contributed by atoms with van der Waals surface area (Å²) in [5.41, 5.74) is 0.285. The molecule has 2 aliphatic heterocycles. The van der Waals surface area contributed by atoms with Crippen LogP contribution >= 0.6 is 0 Å². The molecular weight excluding hydrogens is 390 g/mol. The number of ether oxygens (including phenoxy) is 1. The minimum atomic E-state index is -0.880. The van der Waals surface area contributed by atoms with Gasteiger partial charge in [-0.15, -0.1) is 0 Å². The van der Waals surface area contributed by atoms with Gasteiger partial charge in [0.2, 0.25) is 0 Å². The lowest BCUT2D eigenvalue weighted by Crippen LogP contribution is -2.36. The number of amides is 3. The zero-order valence-electron chi connectivity index (χ0n) is 16.7. The standard InChI is InChI=1S/C21H19N3O6/c1-21(2,3)29-20(28)23-11-9-12-15(8-10-22-16(12)23)19(27)30-24-17(25)13-6-4-5-7-14(13)18(24)26/h4-8,10H,9,11H2,1-3H3. The van der Waals surface area contributed by atoms with E-state index in [4.69, 9.17) is 9.57 Å². The van der Waals surface area contributed by atoms with E-state index in [0.29, 0.717) is 22.9 Å². The number of hydrogen-bond donors (Lipinski definition) is 0. The molecule has 0 fully saturated rings. The third-order valence-electron chi connectivity index (χ3n) is 4.64. The van der Waals surface area contributed by atoms with E-state index < -0.39 is 29.5 Å². The van der Waals surface area contributed by atoms with Crippen LogP contribution in [0.4, 0.5) is 10.6 Å². The molecule has 0 saturated heterocycles. The van der Waals surface area contributed by atoms with Crippen LogP contribution in [0.5, 0.6) is 0 Å². The van der Waals surface area contributed by atoms with Gasteiger partial charge in [-0.25, -0.2) is 14.6 Å². The van der Waals surface area contributed by atoms with Gasteiger partial charge in [0.15, 0.2) is 0 Å². The third kappa shape index (κ3) is 3.28. The molecule has 9 nitrogen and oxygen atoms in total. The highest BCUT2D eigenvalue weighted by Crippen LogP contribution is 2.31. The Morgan fingerprint density at radius 3 is 2.27 bits per heavy atom. The van der Waals surface area contributed by atoms with Gasteiger partial charge in [0.05, 0.1) is 16.7 Å². The molecule has 9 heteroatoms. The molecule has 0 spiro atoms. The number of aromatic nitrogens is 1. The largest absolute Gasteiger partial charge is 0.443 e. The van der Waals surface area contributed by atoms with Gasteiger partial charge in [0, 0.05) is 18.3 Å². The van der Waals surface area contributed by atoms with Crippen molar-refractivity contribution < 1.29 is 28.8 Å². The predicted molar refractivity (Wildman–Crippen MR) is 104 cm³/mol. The molecule has 30 heavy (non-hydrogen) atoms. The molecule has 0 radical (unpaired) electrons. The van der Waals surface area contributed by atoms with Gasteiger partial charge in [-0.1, -0.05) is 17.2 Å². The van der Waals surface area contributed by atoms with Crippen LogP contribution in [0.2, 0.25) is 0 Å². The number of carbonyl (C=O) groups is 4. The molecule has 3 amide bonds. The second kappa shape index (κ2) is 6.94. The highest BCUT2D eigenvalue weighted by atomic mass is 16.7. The van der Waals surface area contributed by atoms with Gasteiger partial charge in [-0.2, -0.15) is 0 Å². The molecule has 0 atom stereocenters. The lowest BCUT2D eigenvalue weighted by molar-refractivity contribution is -0.0585. The Morgan fingerprint density at radius 2 is 1.67 bits per heavy atom. The number of hydroxylamine groups is 2. The van der Waals surface area contributed by atoms with Crippen molar-refractivity contribution in [3.63, 3.8) is 0 Å². The molecule has 2 aliphatic rings. The average Bonchev–Trinajstić information content (AvgIpc) is 3.22. The van der Waals surface area contributed by atoms with Gasteiger partial charge < -0.3 is 9.57 Å². The molecule has 0 saturated carbocycles. The van der Waals surface area contributed by atoms with Crippen LogP contribution in [0.3, 0.4) is 0 Å². The van der Waals surface area contributed by atoms with Crippen LogP contribution in [0.1, 0.15) is 57.4 Å². The summed E-state index contributed by atoms with van der Waals surface area (Å²) in [5, 5.41) is 0.459. The summed E-state index contributed by atoms with van der Waals surface area (Å²) < 4.78 is 5.38. The Labute approximate surface area is 172 Å². The summed E-state index contributed by atoms with van der Waals surface area (Å²) in [6, 6.07) is 7.66. The van der Waals surface area contributed by atoms with Crippen LogP contribution < -0.4 is 4.90 Å². The zero-order chi connectivity index (χ0) is 21.6. The van der Waals surface area contributed by atoms with Gasteiger partial charge in [0.1, 0.15) is 11.4 Å². The Hall–Kier alpha value is -3.75. The summed E-state index contributed by atoms with van der Waals surface area (Å²) in [5.74, 6) is -2.00. The van der Waals surface area contributed by atoms with E-state index in [2.05, 4.69) is 4.98 Å². The summed E-state index contributed by atoms with van der Waals surface area (Å²) in [4.78, 5) is 60.8. The lowest BCUT2D eigenvalue weighted by atomic mass is 10.1. The summed E-state index contributed by atoms with van der Waals surface area (Å²) in [6.45, 7) is 5.55. The van der Waals surface area contributed by atoms with Crippen molar-refractivity contribution in [3.8, 4) is 0 Å². The SMILES string of the molecule is CC(C)(C)OC(=O)N1CCc2c(C(=O)ON3C(=O)c4ccccc4C3=O)ccnc21.